The predicted octanol–water partition coefficient (Wildman–Crippen LogP) is 9.54. The molecule has 7 heteroatoms. The zero-order valence-electron chi connectivity index (χ0n) is 31.1. The third-order valence-corrected chi connectivity index (χ3v) is 13.8. The van der Waals surface area contributed by atoms with Gasteiger partial charge in [0.05, 0.1) is 18.8 Å². The van der Waals surface area contributed by atoms with Gasteiger partial charge in [0.2, 0.25) is 0 Å². The first-order chi connectivity index (χ1) is 22.4. The van der Waals surface area contributed by atoms with E-state index >= 15 is 0 Å². The van der Waals surface area contributed by atoms with Crippen LogP contribution < -0.4 is 15.7 Å². The van der Waals surface area contributed by atoms with Gasteiger partial charge in [-0.3, -0.25) is 0 Å². The van der Waals surface area contributed by atoms with Gasteiger partial charge in [-0.15, -0.1) is 0 Å². The zero-order chi connectivity index (χ0) is 34.6. The number of alkyl carbamates (subject to hydrolysis) is 1. The van der Waals surface area contributed by atoms with Crippen LogP contribution in [-0.2, 0) is 18.6 Å². The highest BCUT2D eigenvalue weighted by atomic mass is 28.4. The molecule has 2 aromatic carbocycles. The van der Waals surface area contributed by atoms with E-state index in [0.29, 0.717) is 6.61 Å². The Morgan fingerprint density at radius 2 is 1.19 bits per heavy atom. The lowest BCUT2D eigenvalue weighted by molar-refractivity contribution is -0.0909. The van der Waals surface area contributed by atoms with Gasteiger partial charge in [0.25, 0.3) is 8.32 Å². The lowest BCUT2D eigenvalue weighted by Gasteiger charge is -2.44. The second kappa shape index (κ2) is 21.7. The Kier molecular flexibility index (Phi) is 18.9. The van der Waals surface area contributed by atoms with Gasteiger partial charge < -0.3 is 24.0 Å². The molecule has 0 heterocycles. The Hall–Kier alpha value is -2.19. The van der Waals surface area contributed by atoms with E-state index in [-0.39, 0.29) is 17.9 Å². The smallest absolute Gasteiger partial charge is 0.408 e. The van der Waals surface area contributed by atoms with Crippen molar-refractivity contribution >= 4 is 24.8 Å². The highest BCUT2D eigenvalue weighted by Gasteiger charge is 2.50. The van der Waals surface area contributed by atoms with Crippen molar-refractivity contribution in [1.29, 1.82) is 0 Å². The summed E-state index contributed by atoms with van der Waals surface area (Å²) in [6.45, 7) is 15.1. The van der Waals surface area contributed by atoms with Gasteiger partial charge in [-0.25, -0.2) is 4.79 Å². The maximum Gasteiger partial charge on any atom is 0.408 e. The average Bonchev–Trinajstić information content (AvgIpc) is 3.02. The topological polar surface area (TPSA) is 66.0 Å². The maximum absolute atomic E-state index is 13.2. The molecule has 0 fully saturated rings. The molecule has 2 rings (SSSR count). The van der Waals surface area contributed by atoms with Crippen molar-refractivity contribution in [3.63, 3.8) is 0 Å². The number of nitrogens with one attached hydrogen (secondary N) is 1. The maximum atomic E-state index is 13.2. The van der Waals surface area contributed by atoms with Crippen molar-refractivity contribution in [3.05, 3.63) is 60.7 Å². The third-order valence-electron chi connectivity index (χ3n) is 8.79. The number of rotatable bonds is 23. The summed E-state index contributed by atoms with van der Waals surface area (Å²) in [5.74, 6) is 0. The van der Waals surface area contributed by atoms with Crippen molar-refractivity contribution in [3.8, 4) is 0 Å². The van der Waals surface area contributed by atoms with Crippen LogP contribution in [-0.4, -0.2) is 52.7 Å². The lowest BCUT2D eigenvalue weighted by Crippen LogP contribution is -2.68. The van der Waals surface area contributed by atoms with Crippen LogP contribution in [0.5, 0.6) is 0 Å². The van der Waals surface area contributed by atoms with Crippen molar-refractivity contribution in [2.24, 2.45) is 0 Å². The second-order valence-corrected chi connectivity index (χ2v) is 19.3. The van der Waals surface area contributed by atoms with E-state index in [1.54, 1.807) is 7.11 Å². The molecule has 47 heavy (non-hydrogen) atoms. The minimum Gasteiger partial charge on any atom is -0.444 e. The molecule has 266 valence electrons. The molecular formula is C40H67NO5Si. The van der Waals surface area contributed by atoms with Crippen LogP contribution in [0.2, 0.25) is 5.04 Å². The molecule has 2 atom stereocenters. The van der Waals surface area contributed by atoms with Gasteiger partial charge in [0.1, 0.15) is 12.4 Å². The molecule has 0 radical (unpaired) electrons. The fraction of sp³-hybridized carbons (Fsp3) is 0.675. The first kappa shape index (κ1) is 41.0. The Balaban J connectivity index is 2.21. The van der Waals surface area contributed by atoms with Gasteiger partial charge in [-0.05, 0) is 42.6 Å². The van der Waals surface area contributed by atoms with Crippen LogP contribution in [0.3, 0.4) is 0 Å². The fourth-order valence-electron chi connectivity index (χ4n) is 6.42. The first-order valence-corrected chi connectivity index (χ1v) is 20.2. The number of methoxy groups -OCH3 is 1. The predicted molar refractivity (Wildman–Crippen MR) is 199 cm³/mol. The molecule has 0 aliphatic heterocycles. The molecule has 1 N–H and O–H groups in total. The van der Waals surface area contributed by atoms with E-state index in [4.69, 9.17) is 18.6 Å². The number of hydrogen-bond acceptors (Lipinski definition) is 5. The summed E-state index contributed by atoms with van der Waals surface area (Å²) in [5.41, 5.74) is -0.619. The molecule has 0 saturated carbocycles. The lowest BCUT2D eigenvalue weighted by atomic mass is 10.0. The molecule has 0 saturated heterocycles. The van der Waals surface area contributed by atoms with Gasteiger partial charge in [-0.1, -0.05) is 165 Å². The molecule has 6 nitrogen and oxygen atoms in total. The Morgan fingerprint density at radius 3 is 1.62 bits per heavy atom. The molecule has 0 aromatic heterocycles. The van der Waals surface area contributed by atoms with E-state index in [1.807, 2.05) is 32.9 Å². The standard InChI is InChI=1S/C40H67NO5Si/c1-9-10-11-12-13-14-15-16-17-18-19-26-31-37(44-33-43-8)36(41-38(42)46-39(2,3)4)32-45-47(40(5,6)7,34-27-22-20-23-28-34)35-29-24-21-25-30-35/h20-25,27-30,36-37H,9-19,26,31-33H2,1-8H3,(H,41,42)/t36-,37-/m0/s1. The monoisotopic (exact) mass is 669 g/mol. The average molecular weight is 670 g/mol. The van der Waals surface area contributed by atoms with Crippen LogP contribution >= 0.6 is 0 Å². The zero-order valence-corrected chi connectivity index (χ0v) is 32.1. The molecule has 0 bridgehead atoms. The summed E-state index contributed by atoms with van der Waals surface area (Å²) >= 11 is 0. The highest BCUT2D eigenvalue weighted by molar-refractivity contribution is 6.99. The Labute approximate surface area is 288 Å². The number of amides is 1. The van der Waals surface area contributed by atoms with Crippen molar-refractivity contribution in [2.45, 2.75) is 155 Å². The molecule has 0 aliphatic carbocycles. The van der Waals surface area contributed by atoms with Gasteiger partial charge >= 0.3 is 6.09 Å². The van der Waals surface area contributed by atoms with Gasteiger partial charge in [0.15, 0.2) is 0 Å². The van der Waals surface area contributed by atoms with Crippen molar-refractivity contribution in [2.75, 3.05) is 20.5 Å². The number of benzene rings is 2. The van der Waals surface area contributed by atoms with Crippen LogP contribution in [0.1, 0.15) is 132 Å². The van der Waals surface area contributed by atoms with Gasteiger partial charge in [0, 0.05) is 7.11 Å². The Bertz CT molecular complexity index is 1040. The molecule has 0 unspecified atom stereocenters. The van der Waals surface area contributed by atoms with E-state index in [1.165, 1.54) is 74.6 Å². The van der Waals surface area contributed by atoms with Crippen LogP contribution in [0.4, 0.5) is 4.79 Å². The molecule has 0 spiro atoms. The summed E-state index contributed by atoms with van der Waals surface area (Å²) in [4.78, 5) is 13.2. The fourth-order valence-corrected chi connectivity index (χ4v) is 11.0. The van der Waals surface area contributed by atoms with Crippen molar-refractivity contribution < 1.29 is 23.4 Å². The van der Waals surface area contributed by atoms with Crippen LogP contribution in [0, 0.1) is 0 Å². The third kappa shape index (κ3) is 14.8. The second-order valence-electron chi connectivity index (χ2n) is 15.0. The summed E-state index contributed by atoms with van der Waals surface area (Å²) in [7, 11) is -1.20. The summed E-state index contributed by atoms with van der Waals surface area (Å²) < 4.78 is 24.7. The molecular weight excluding hydrogens is 603 g/mol. The molecule has 2 aromatic rings. The largest absolute Gasteiger partial charge is 0.444 e. The number of carbonyl (C=O) groups excluding carboxylic acids is 1. The summed E-state index contributed by atoms with van der Waals surface area (Å²) in [5, 5.41) is 5.37. The SMILES string of the molecule is CCCCCCCCCCCCCC[C@H](OCOC)[C@H](CO[Si](c1ccccc1)(c1ccccc1)C(C)(C)C)NC(=O)OC(C)(C)C. The minimum atomic E-state index is -2.84. The Morgan fingerprint density at radius 1 is 0.723 bits per heavy atom. The normalized spacial score (nSPS) is 13.7. The quantitative estimate of drug-likeness (QED) is 0.0725. The van der Waals surface area contributed by atoms with E-state index in [0.717, 1.165) is 19.3 Å². The number of unbranched alkanes of at least 4 members (excludes halogenated alkanes) is 11. The van der Waals surface area contributed by atoms with E-state index in [2.05, 4.69) is 81.5 Å². The minimum absolute atomic E-state index is 0.147. The molecule has 0 aliphatic rings. The van der Waals surface area contributed by atoms with Crippen LogP contribution in [0.25, 0.3) is 0 Å². The molecule has 1 amide bonds. The van der Waals surface area contributed by atoms with Crippen molar-refractivity contribution in [1.82, 2.24) is 5.32 Å². The van der Waals surface area contributed by atoms with E-state index in [9.17, 15) is 4.79 Å². The number of ether oxygens (including phenoxy) is 3. The van der Waals surface area contributed by atoms with E-state index < -0.39 is 26.1 Å². The van der Waals surface area contributed by atoms with Crippen LogP contribution in [0.15, 0.2) is 60.7 Å². The summed E-state index contributed by atoms with van der Waals surface area (Å²) in [6, 6.07) is 20.8. The number of carbonyl (C=O) groups is 1. The summed E-state index contributed by atoms with van der Waals surface area (Å²) in [6.07, 6.45) is 15.5. The number of hydrogen-bond donors (Lipinski definition) is 1. The van der Waals surface area contributed by atoms with Gasteiger partial charge in [-0.2, -0.15) is 0 Å². The highest BCUT2D eigenvalue weighted by Crippen LogP contribution is 2.37. The first-order valence-electron chi connectivity index (χ1n) is 18.3.